The lowest BCUT2D eigenvalue weighted by molar-refractivity contribution is -0.150. The fourth-order valence-corrected chi connectivity index (χ4v) is 6.90. The molecular weight excluding hydrogens is 887 g/mol. The summed E-state index contributed by atoms with van der Waals surface area (Å²) in [7, 11) is 0. The molecule has 25 nitrogen and oxygen atoms in total. The molecule has 1 fully saturated rings. The van der Waals surface area contributed by atoms with Crippen molar-refractivity contribution in [3.63, 3.8) is 0 Å². The summed E-state index contributed by atoms with van der Waals surface area (Å²) in [5.74, 6) is -13.4. The molecule has 0 spiro atoms. The number of nitrogens with two attached hydrogens (primary N) is 1. The molecular formula is C42H71N9O16. The van der Waals surface area contributed by atoms with Gasteiger partial charge in [0.2, 0.25) is 47.3 Å². The van der Waals surface area contributed by atoms with Crippen molar-refractivity contribution < 1.29 is 78.3 Å². The van der Waals surface area contributed by atoms with Crippen molar-refractivity contribution in [1.29, 1.82) is 0 Å². The van der Waals surface area contributed by atoms with E-state index in [4.69, 9.17) is 10.8 Å². The van der Waals surface area contributed by atoms with Gasteiger partial charge in [-0.3, -0.25) is 47.9 Å². The summed E-state index contributed by atoms with van der Waals surface area (Å²) < 4.78 is 0. The summed E-state index contributed by atoms with van der Waals surface area (Å²) in [6.07, 6.45) is -4.57. The summed E-state index contributed by atoms with van der Waals surface area (Å²) in [4.78, 5) is 143. The number of rotatable bonds is 28. The highest BCUT2D eigenvalue weighted by atomic mass is 16.4. The van der Waals surface area contributed by atoms with Gasteiger partial charge in [-0.25, -0.2) is 4.79 Å². The Kier molecular flexibility index (Phi) is 24.4. The Balaban J connectivity index is 3.33. The van der Waals surface area contributed by atoms with Crippen molar-refractivity contribution in [2.75, 3.05) is 6.54 Å². The molecule has 0 unspecified atom stereocenters. The molecule has 0 radical (unpaired) electrons. The Hall–Kier alpha value is -5.95. The van der Waals surface area contributed by atoms with E-state index in [1.54, 1.807) is 27.7 Å². The van der Waals surface area contributed by atoms with Gasteiger partial charge in [-0.1, -0.05) is 48.0 Å². The van der Waals surface area contributed by atoms with Crippen LogP contribution in [0.3, 0.4) is 0 Å². The summed E-state index contributed by atoms with van der Waals surface area (Å²) in [6, 6.07) is -13.0. The molecule has 0 saturated carbocycles. The van der Waals surface area contributed by atoms with Gasteiger partial charge in [0.05, 0.1) is 18.2 Å². The molecule has 8 amide bonds. The fourth-order valence-electron chi connectivity index (χ4n) is 6.90. The molecule has 67 heavy (non-hydrogen) atoms. The van der Waals surface area contributed by atoms with E-state index in [9.17, 15) is 73.2 Å². The molecule has 1 aliphatic rings. The van der Waals surface area contributed by atoms with E-state index in [0.29, 0.717) is 12.8 Å². The van der Waals surface area contributed by atoms with Crippen LogP contribution in [0.25, 0.3) is 0 Å². The molecule has 0 bridgehead atoms. The van der Waals surface area contributed by atoms with Gasteiger partial charge in [0.25, 0.3) is 0 Å². The minimum absolute atomic E-state index is 0.176. The normalized spacial score (nSPS) is 18.5. The molecule has 1 rings (SSSR count). The number of carboxylic acids is 3. The average Bonchev–Trinajstić information content (AvgIpc) is 3.74. The maximum absolute atomic E-state index is 13.8. The van der Waals surface area contributed by atoms with Gasteiger partial charge in [0.15, 0.2) is 0 Å². The van der Waals surface area contributed by atoms with Crippen LogP contribution >= 0.6 is 0 Å². The topological polar surface area (TPSA) is 402 Å². The zero-order valence-electron chi connectivity index (χ0n) is 39.5. The maximum atomic E-state index is 13.8. The minimum atomic E-state index is -1.86. The lowest BCUT2D eigenvalue weighted by Gasteiger charge is -2.33. The Morgan fingerprint density at radius 1 is 0.537 bits per heavy atom. The highest BCUT2D eigenvalue weighted by Gasteiger charge is 2.41. The first-order chi connectivity index (χ1) is 31.0. The lowest BCUT2D eigenvalue weighted by Crippen LogP contribution is -2.64. The van der Waals surface area contributed by atoms with Gasteiger partial charge >= 0.3 is 17.9 Å². The predicted molar refractivity (Wildman–Crippen MR) is 236 cm³/mol. The van der Waals surface area contributed by atoms with Crippen molar-refractivity contribution in [2.24, 2.45) is 23.5 Å². The van der Waals surface area contributed by atoms with E-state index in [0.717, 1.165) is 6.92 Å². The smallest absolute Gasteiger partial charge is 0.326 e. The van der Waals surface area contributed by atoms with E-state index in [2.05, 4.69) is 37.2 Å². The Morgan fingerprint density at radius 3 is 1.31 bits per heavy atom. The van der Waals surface area contributed by atoms with Crippen LogP contribution in [-0.2, 0) is 52.7 Å². The standard InChI is InChI=1S/C42H71N9O16/c1-10-20(6)31(38(62)47-30(19(4)5)41(65)51-17-11-12-26(51)42(66)67)48-40(64)33(23(9)53)50-37(61)29(18(2)3)46-39(63)32(22(8)52)49-36(60)25(14-16-28(56)57)45-35(59)24(13-15-27(54)55)44-34(58)21(7)43/h18-26,29-33,52-53H,10-17,43H2,1-9H3,(H,44,58)(H,45,59)(H,46,63)(H,47,62)(H,48,64)(H,49,60)(H,50,61)(H,54,55)(H,56,57)(H,66,67)/t20-,21-,22+,23+,24-,25-,26-,29-,30-,31-,32-,33-/m0/s1. The highest BCUT2D eigenvalue weighted by molar-refractivity contribution is 5.98. The molecule has 25 heteroatoms. The van der Waals surface area contributed by atoms with Gasteiger partial charge in [-0.2, -0.15) is 0 Å². The molecule has 1 saturated heterocycles. The number of nitrogens with zero attached hydrogens (tertiary/aromatic N) is 1. The quantitative estimate of drug-likeness (QED) is 0.0364. The molecule has 1 aliphatic heterocycles. The number of aliphatic hydroxyl groups is 2. The number of likely N-dealkylation sites (tertiary alicyclic amines) is 1. The van der Waals surface area contributed by atoms with Crippen LogP contribution in [-0.4, -0.2) is 169 Å². The Labute approximate surface area is 388 Å². The average molecular weight is 958 g/mol. The molecule has 12 atom stereocenters. The largest absolute Gasteiger partial charge is 0.481 e. The van der Waals surface area contributed by atoms with E-state index in [1.165, 1.54) is 32.6 Å². The number of hydrogen-bond acceptors (Lipinski definition) is 14. The second-order valence-corrected chi connectivity index (χ2v) is 17.6. The number of hydrogen-bond donors (Lipinski definition) is 13. The minimum Gasteiger partial charge on any atom is -0.481 e. The zero-order valence-corrected chi connectivity index (χ0v) is 39.5. The maximum Gasteiger partial charge on any atom is 0.326 e. The third-order valence-electron chi connectivity index (χ3n) is 11.2. The van der Waals surface area contributed by atoms with Crippen LogP contribution in [0.2, 0.25) is 0 Å². The van der Waals surface area contributed by atoms with Crippen molar-refractivity contribution in [2.45, 2.75) is 174 Å². The highest BCUT2D eigenvalue weighted by Crippen LogP contribution is 2.21. The van der Waals surface area contributed by atoms with Gasteiger partial charge in [0.1, 0.15) is 48.3 Å². The van der Waals surface area contributed by atoms with Crippen LogP contribution in [0.5, 0.6) is 0 Å². The number of aliphatic carboxylic acids is 3. The first-order valence-electron chi connectivity index (χ1n) is 22.3. The van der Waals surface area contributed by atoms with Crippen LogP contribution in [0.15, 0.2) is 0 Å². The number of carbonyl (C=O) groups excluding carboxylic acids is 8. The molecule has 380 valence electrons. The number of aliphatic hydroxyl groups excluding tert-OH is 2. The third-order valence-corrected chi connectivity index (χ3v) is 11.2. The van der Waals surface area contributed by atoms with Gasteiger partial charge < -0.3 is 73.4 Å². The summed E-state index contributed by atoms with van der Waals surface area (Å²) in [5.41, 5.74) is 5.56. The zero-order chi connectivity index (χ0) is 51.6. The monoisotopic (exact) mass is 958 g/mol. The van der Waals surface area contributed by atoms with Crippen molar-refractivity contribution in [3.05, 3.63) is 0 Å². The molecule has 14 N–H and O–H groups in total. The first-order valence-corrected chi connectivity index (χ1v) is 22.3. The molecule has 0 aliphatic carbocycles. The lowest BCUT2D eigenvalue weighted by atomic mass is 9.95. The van der Waals surface area contributed by atoms with Crippen LogP contribution in [0, 0.1) is 17.8 Å². The second kappa shape index (κ2) is 27.6. The van der Waals surface area contributed by atoms with Gasteiger partial charge in [0, 0.05) is 19.4 Å². The number of carboxylic acid groups (broad SMARTS) is 3. The summed E-state index contributed by atoms with van der Waals surface area (Å²) in [6.45, 7) is 13.4. The van der Waals surface area contributed by atoms with E-state index in [1.807, 2.05) is 0 Å². The summed E-state index contributed by atoms with van der Waals surface area (Å²) in [5, 5.41) is 66.1. The van der Waals surface area contributed by atoms with Crippen molar-refractivity contribution >= 4 is 65.2 Å². The van der Waals surface area contributed by atoms with Crippen molar-refractivity contribution in [1.82, 2.24) is 42.1 Å². The second-order valence-electron chi connectivity index (χ2n) is 17.6. The van der Waals surface area contributed by atoms with Crippen LogP contribution in [0.1, 0.15) is 107 Å². The number of nitrogens with one attached hydrogen (secondary N) is 7. The summed E-state index contributed by atoms with van der Waals surface area (Å²) >= 11 is 0. The van der Waals surface area contributed by atoms with Crippen LogP contribution in [0.4, 0.5) is 0 Å². The Morgan fingerprint density at radius 2 is 0.910 bits per heavy atom. The first kappa shape index (κ1) is 59.1. The third kappa shape index (κ3) is 18.7. The molecule has 0 aromatic rings. The molecule has 1 heterocycles. The number of amides is 8. The van der Waals surface area contributed by atoms with E-state index in [-0.39, 0.29) is 13.0 Å². The van der Waals surface area contributed by atoms with Gasteiger partial charge in [-0.15, -0.1) is 0 Å². The SMILES string of the molecule is CC[C@H](C)[C@H](NC(=O)[C@@H](NC(=O)[C@@H](NC(=O)[C@@H](NC(=O)[C@H](CCC(=O)O)NC(=O)[C@H](CCC(=O)O)NC(=O)[C@H](C)N)[C@@H](C)O)C(C)C)[C@@H](C)O)C(=O)N[C@H](C(=O)N1CCC[C@H]1C(=O)O)C(C)C. The molecule has 0 aromatic carbocycles. The van der Waals surface area contributed by atoms with Crippen molar-refractivity contribution in [3.8, 4) is 0 Å². The predicted octanol–water partition coefficient (Wildman–Crippen LogP) is -3.35. The van der Waals surface area contributed by atoms with Gasteiger partial charge in [-0.05, 0) is 64.2 Å². The Bertz CT molecular complexity index is 1790. The fraction of sp³-hybridized carbons (Fsp3) is 0.738. The van der Waals surface area contributed by atoms with E-state index >= 15 is 0 Å². The van der Waals surface area contributed by atoms with E-state index < -0.39 is 175 Å². The van der Waals surface area contributed by atoms with Crippen LogP contribution < -0.4 is 43.0 Å². The molecule has 0 aromatic heterocycles. The number of carbonyl (C=O) groups is 11.